The van der Waals surface area contributed by atoms with Crippen LogP contribution in [0.3, 0.4) is 0 Å². The van der Waals surface area contributed by atoms with Crippen molar-refractivity contribution in [1.82, 2.24) is 0 Å². The Morgan fingerprint density at radius 1 is 1.31 bits per heavy atom. The molecule has 0 aromatic rings. The molecule has 2 rings (SSSR count). The van der Waals surface area contributed by atoms with E-state index in [1.165, 1.54) is 44.1 Å². The quantitative estimate of drug-likeness (QED) is 0.525. The molecule has 0 aromatic carbocycles. The van der Waals surface area contributed by atoms with Gasteiger partial charge in [-0.05, 0) is 43.9 Å². The number of rotatable bonds is 1. The molecule has 16 heavy (non-hydrogen) atoms. The topological polar surface area (TPSA) is 0 Å². The van der Waals surface area contributed by atoms with Crippen LogP contribution in [0.2, 0.25) is 0 Å². The highest BCUT2D eigenvalue weighted by Gasteiger charge is 2.36. The van der Waals surface area contributed by atoms with E-state index in [-0.39, 0.29) is 0 Å². The third-order valence-electron chi connectivity index (χ3n) is 4.01. The molecule has 0 radical (unpaired) electrons. The van der Waals surface area contributed by atoms with Gasteiger partial charge in [-0.25, -0.2) is 0 Å². The zero-order chi connectivity index (χ0) is 12.0. The van der Waals surface area contributed by atoms with Crippen LogP contribution in [0.25, 0.3) is 0 Å². The average molecular weight is 218 g/mol. The standard InChI is InChI=1S/C13H20.C3H6/c1-3-11-7-8-12-6-4-5-9-13(12,2)10-11;1-3-2/h3,10,12H,1,4-9H2,2H3;3H,1H2,2H3. The molecule has 0 aromatic heterocycles. The minimum Gasteiger partial charge on any atom is -0.103 e. The lowest BCUT2D eigenvalue weighted by molar-refractivity contribution is 0.151. The van der Waals surface area contributed by atoms with Gasteiger partial charge < -0.3 is 0 Å². The van der Waals surface area contributed by atoms with Crippen LogP contribution < -0.4 is 0 Å². The van der Waals surface area contributed by atoms with E-state index in [1.54, 1.807) is 6.08 Å². The van der Waals surface area contributed by atoms with Crippen LogP contribution in [0, 0.1) is 11.3 Å². The Kier molecular flexibility index (Phi) is 5.05. The predicted octanol–water partition coefficient (Wildman–Crippen LogP) is 5.28. The molecule has 0 aliphatic heterocycles. The van der Waals surface area contributed by atoms with E-state index in [2.05, 4.69) is 32.2 Å². The average Bonchev–Trinajstić information content (AvgIpc) is 2.28. The van der Waals surface area contributed by atoms with Crippen molar-refractivity contribution in [3.8, 4) is 0 Å². The van der Waals surface area contributed by atoms with Gasteiger partial charge in [0.25, 0.3) is 0 Å². The van der Waals surface area contributed by atoms with Crippen molar-refractivity contribution < 1.29 is 0 Å². The summed E-state index contributed by atoms with van der Waals surface area (Å²) in [5, 5.41) is 0. The zero-order valence-corrected chi connectivity index (χ0v) is 11.0. The van der Waals surface area contributed by atoms with Gasteiger partial charge in [-0.3, -0.25) is 0 Å². The molecular weight excluding hydrogens is 192 g/mol. The molecule has 2 aliphatic rings. The molecule has 1 saturated carbocycles. The lowest BCUT2D eigenvalue weighted by atomic mass is 9.62. The Morgan fingerprint density at radius 2 is 2.00 bits per heavy atom. The smallest absolute Gasteiger partial charge is 0.0112 e. The van der Waals surface area contributed by atoms with Gasteiger partial charge in [0.2, 0.25) is 0 Å². The number of fused-ring (bicyclic) bond motifs is 1. The van der Waals surface area contributed by atoms with Crippen LogP contribution in [0.1, 0.15) is 52.4 Å². The van der Waals surface area contributed by atoms with E-state index in [0.717, 1.165) is 5.92 Å². The van der Waals surface area contributed by atoms with E-state index in [1.807, 2.05) is 6.92 Å². The number of hydrogen-bond acceptors (Lipinski definition) is 0. The lowest BCUT2D eigenvalue weighted by Gasteiger charge is -2.43. The summed E-state index contributed by atoms with van der Waals surface area (Å²) in [6.45, 7) is 11.6. The summed E-state index contributed by atoms with van der Waals surface area (Å²) in [5.41, 5.74) is 2.00. The first-order valence-corrected chi connectivity index (χ1v) is 6.57. The minimum atomic E-state index is 0.514. The molecule has 2 aliphatic carbocycles. The van der Waals surface area contributed by atoms with Gasteiger partial charge in [-0.15, -0.1) is 6.58 Å². The second-order valence-corrected chi connectivity index (χ2v) is 5.32. The normalized spacial score (nSPS) is 32.6. The van der Waals surface area contributed by atoms with E-state index in [9.17, 15) is 0 Å². The third-order valence-corrected chi connectivity index (χ3v) is 4.01. The van der Waals surface area contributed by atoms with Crippen LogP contribution in [0.5, 0.6) is 0 Å². The molecule has 2 atom stereocenters. The van der Waals surface area contributed by atoms with Gasteiger partial charge in [0, 0.05) is 0 Å². The third kappa shape index (κ3) is 3.10. The molecule has 0 heterocycles. The summed E-state index contributed by atoms with van der Waals surface area (Å²) in [5.74, 6) is 0.963. The summed E-state index contributed by atoms with van der Waals surface area (Å²) < 4.78 is 0. The van der Waals surface area contributed by atoms with Gasteiger partial charge in [0.1, 0.15) is 0 Å². The fourth-order valence-corrected chi connectivity index (χ4v) is 3.09. The molecule has 2 unspecified atom stereocenters. The maximum absolute atomic E-state index is 3.88. The Labute approximate surface area is 101 Å². The van der Waals surface area contributed by atoms with Crippen LogP contribution in [0.4, 0.5) is 0 Å². The molecule has 0 spiro atoms. The Balaban J connectivity index is 0.000000386. The molecular formula is C16H26. The maximum Gasteiger partial charge on any atom is -0.0112 e. The summed E-state index contributed by atoms with van der Waals surface area (Å²) >= 11 is 0. The highest BCUT2D eigenvalue weighted by molar-refractivity contribution is 5.23. The Hall–Kier alpha value is -0.780. The van der Waals surface area contributed by atoms with Crippen molar-refractivity contribution in [1.29, 1.82) is 0 Å². The molecule has 0 N–H and O–H groups in total. The zero-order valence-electron chi connectivity index (χ0n) is 11.0. The monoisotopic (exact) mass is 218 g/mol. The molecule has 0 nitrogen and oxygen atoms in total. The fraction of sp³-hybridized carbons (Fsp3) is 0.625. The van der Waals surface area contributed by atoms with Crippen molar-refractivity contribution in [2.75, 3.05) is 0 Å². The van der Waals surface area contributed by atoms with E-state index in [0.29, 0.717) is 5.41 Å². The lowest BCUT2D eigenvalue weighted by Crippen LogP contribution is -2.31. The van der Waals surface area contributed by atoms with Gasteiger partial charge in [-0.2, -0.15) is 0 Å². The van der Waals surface area contributed by atoms with Crippen molar-refractivity contribution in [2.24, 2.45) is 11.3 Å². The van der Waals surface area contributed by atoms with Gasteiger partial charge in [0.15, 0.2) is 0 Å². The van der Waals surface area contributed by atoms with E-state index in [4.69, 9.17) is 0 Å². The van der Waals surface area contributed by atoms with Crippen molar-refractivity contribution in [3.05, 3.63) is 37.0 Å². The Bertz CT molecular complexity index is 272. The largest absolute Gasteiger partial charge is 0.103 e. The summed E-state index contributed by atoms with van der Waals surface area (Å²) in [6.07, 6.45) is 14.7. The van der Waals surface area contributed by atoms with Crippen LogP contribution >= 0.6 is 0 Å². The molecule has 90 valence electrons. The Morgan fingerprint density at radius 3 is 2.62 bits per heavy atom. The summed E-state index contributed by atoms with van der Waals surface area (Å²) in [4.78, 5) is 0. The van der Waals surface area contributed by atoms with Crippen LogP contribution in [-0.2, 0) is 0 Å². The molecule has 0 amide bonds. The SMILES string of the molecule is C=CC.C=CC1=CC2(C)CCCCC2CC1. The summed E-state index contributed by atoms with van der Waals surface area (Å²) in [7, 11) is 0. The van der Waals surface area contributed by atoms with Crippen LogP contribution in [0.15, 0.2) is 37.0 Å². The van der Waals surface area contributed by atoms with E-state index >= 15 is 0 Å². The first-order valence-electron chi connectivity index (χ1n) is 6.57. The fourth-order valence-electron chi connectivity index (χ4n) is 3.09. The number of hydrogen-bond donors (Lipinski definition) is 0. The minimum absolute atomic E-state index is 0.514. The van der Waals surface area contributed by atoms with Crippen LogP contribution in [-0.4, -0.2) is 0 Å². The number of allylic oxidation sites excluding steroid dienone is 4. The van der Waals surface area contributed by atoms with Gasteiger partial charge >= 0.3 is 0 Å². The van der Waals surface area contributed by atoms with E-state index < -0.39 is 0 Å². The molecule has 0 bridgehead atoms. The highest BCUT2D eigenvalue weighted by Crippen LogP contribution is 2.48. The second-order valence-electron chi connectivity index (χ2n) is 5.32. The van der Waals surface area contributed by atoms with Crippen molar-refractivity contribution >= 4 is 0 Å². The molecule has 0 heteroatoms. The van der Waals surface area contributed by atoms with Crippen molar-refractivity contribution in [2.45, 2.75) is 52.4 Å². The molecule has 0 saturated heterocycles. The van der Waals surface area contributed by atoms with Crippen molar-refractivity contribution in [3.63, 3.8) is 0 Å². The summed E-state index contributed by atoms with van der Waals surface area (Å²) in [6, 6.07) is 0. The highest BCUT2D eigenvalue weighted by atomic mass is 14.4. The van der Waals surface area contributed by atoms with Gasteiger partial charge in [-0.1, -0.05) is 50.1 Å². The predicted molar refractivity (Wildman–Crippen MR) is 73.5 cm³/mol. The molecule has 1 fully saturated rings. The second kappa shape index (κ2) is 6.08. The first kappa shape index (κ1) is 13.3. The van der Waals surface area contributed by atoms with Gasteiger partial charge in [0.05, 0.1) is 0 Å². The first-order chi connectivity index (χ1) is 7.66. The maximum atomic E-state index is 3.88.